The smallest absolute Gasteiger partial charge is 0.243 e. The highest BCUT2D eigenvalue weighted by Gasteiger charge is 2.25. The lowest BCUT2D eigenvalue weighted by atomic mass is 10.0. The molecule has 0 aliphatic carbocycles. The minimum Gasteiger partial charge on any atom is -0.354 e. The fourth-order valence-corrected chi connectivity index (χ4v) is 1.52. The molecule has 6 nitrogen and oxygen atoms in total. The van der Waals surface area contributed by atoms with Crippen LogP contribution in [0.1, 0.15) is 26.7 Å². The molecule has 0 spiro atoms. The molecular formula is C13H25N3O3. The number of ketones is 1. The molecule has 0 aromatic rings. The number of carbonyl (C=O) groups is 3. The topological polar surface area (TPSA) is 78.5 Å². The SMILES string of the molecule is CNCCCNC(=O)C(CC(=O)C(C)C)N(C)C=O. The fraction of sp³-hybridized carbons (Fsp3) is 0.769. The van der Waals surface area contributed by atoms with Crippen LogP contribution >= 0.6 is 0 Å². The summed E-state index contributed by atoms with van der Waals surface area (Å²) in [5.74, 6) is -0.441. The lowest BCUT2D eigenvalue weighted by Crippen LogP contribution is -2.46. The number of rotatable bonds is 10. The van der Waals surface area contributed by atoms with Crippen LogP contribution in [0.3, 0.4) is 0 Å². The number of amides is 2. The van der Waals surface area contributed by atoms with Crippen molar-refractivity contribution >= 4 is 18.1 Å². The lowest BCUT2D eigenvalue weighted by Gasteiger charge is -2.23. The Morgan fingerprint density at radius 3 is 2.37 bits per heavy atom. The minimum atomic E-state index is -0.720. The third-order valence-corrected chi connectivity index (χ3v) is 2.90. The molecule has 2 amide bonds. The number of likely N-dealkylation sites (N-methyl/N-ethyl adjacent to an activating group) is 1. The van der Waals surface area contributed by atoms with Crippen molar-refractivity contribution in [2.24, 2.45) is 5.92 Å². The maximum atomic E-state index is 12.0. The summed E-state index contributed by atoms with van der Waals surface area (Å²) < 4.78 is 0. The van der Waals surface area contributed by atoms with Crippen LogP contribution in [0.5, 0.6) is 0 Å². The van der Waals surface area contributed by atoms with Crippen molar-refractivity contribution in [3.8, 4) is 0 Å². The normalized spacial score (nSPS) is 12.1. The molecule has 2 N–H and O–H groups in total. The number of hydrogen-bond donors (Lipinski definition) is 2. The Labute approximate surface area is 114 Å². The van der Waals surface area contributed by atoms with Crippen molar-refractivity contribution < 1.29 is 14.4 Å². The predicted octanol–water partition coefficient (Wildman–Crippen LogP) is -0.216. The number of nitrogens with one attached hydrogen (secondary N) is 2. The molecule has 0 aromatic heterocycles. The van der Waals surface area contributed by atoms with Crippen LogP contribution in [-0.4, -0.2) is 56.2 Å². The van der Waals surface area contributed by atoms with Crippen LogP contribution in [0.15, 0.2) is 0 Å². The van der Waals surface area contributed by atoms with Crippen molar-refractivity contribution in [2.45, 2.75) is 32.7 Å². The molecule has 0 heterocycles. The summed E-state index contributed by atoms with van der Waals surface area (Å²) in [4.78, 5) is 35.7. The molecule has 0 aliphatic rings. The maximum absolute atomic E-state index is 12.0. The molecule has 0 aliphatic heterocycles. The van der Waals surface area contributed by atoms with E-state index in [2.05, 4.69) is 10.6 Å². The third-order valence-electron chi connectivity index (χ3n) is 2.90. The van der Waals surface area contributed by atoms with Gasteiger partial charge in [0.1, 0.15) is 11.8 Å². The van der Waals surface area contributed by atoms with E-state index in [1.54, 1.807) is 13.8 Å². The number of hydrogen-bond acceptors (Lipinski definition) is 4. The van der Waals surface area contributed by atoms with Crippen LogP contribution in [0, 0.1) is 5.92 Å². The van der Waals surface area contributed by atoms with Gasteiger partial charge in [0.25, 0.3) is 0 Å². The van der Waals surface area contributed by atoms with Gasteiger partial charge in [-0.05, 0) is 20.0 Å². The van der Waals surface area contributed by atoms with E-state index in [0.29, 0.717) is 13.0 Å². The second-order valence-electron chi connectivity index (χ2n) is 4.86. The molecule has 0 saturated heterocycles. The Morgan fingerprint density at radius 2 is 1.89 bits per heavy atom. The number of carbonyl (C=O) groups excluding carboxylic acids is 3. The molecule has 0 rings (SSSR count). The van der Waals surface area contributed by atoms with Crippen LogP contribution in [-0.2, 0) is 14.4 Å². The van der Waals surface area contributed by atoms with Gasteiger partial charge in [-0.3, -0.25) is 14.4 Å². The van der Waals surface area contributed by atoms with Crippen molar-refractivity contribution in [3.05, 3.63) is 0 Å². The Balaban J connectivity index is 4.44. The highest BCUT2D eigenvalue weighted by Crippen LogP contribution is 2.07. The van der Waals surface area contributed by atoms with E-state index >= 15 is 0 Å². The maximum Gasteiger partial charge on any atom is 0.243 e. The average molecular weight is 271 g/mol. The molecule has 110 valence electrons. The summed E-state index contributed by atoms with van der Waals surface area (Å²) in [6.07, 6.45) is 1.44. The van der Waals surface area contributed by atoms with Gasteiger partial charge in [-0.2, -0.15) is 0 Å². The van der Waals surface area contributed by atoms with Gasteiger partial charge in [0.15, 0.2) is 0 Å². The number of nitrogens with zero attached hydrogens (tertiary/aromatic N) is 1. The van der Waals surface area contributed by atoms with E-state index in [9.17, 15) is 14.4 Å². The van der Waals surface area contributed by atoms with Crippen molar-refractivity contribution in [1.29, 1.82) is 0 Å². The van der Waals surface area contributed by atoms with E-state index in [1.807, 2.05) is 7.05 Å². The largest absolute Gasteiger partial charge is 0.354 e. The molecule has 19 heavy (non-hydrogen) atoms. The molecule has 1 unspecified atom stereocenters. The zero-order valence-electron chi connectivity index (χ0n) is 12.2. The molecular weight excluding hydrogens is 246 g/mol. The predicted molar refractivity (Wildman–Crippen MR) is 73.6 cm³/mol. The van der Waals surface area contributed by atoms with Gasteiger partial charge in [-0.1, -0.05) is 13.8 Å². The average Bonchev–Trinajstić information content (AvgIpc) is 2.39. The first kappa shape index (κ1) is 17.6. The van der Waals surface area contributed by atoms with E-state index in [4.69, 9.17) is 0 Å². The second-order valence-corrected chi connectivity index (χ2v) is 4.86. The van der Waals surface area contributed by atoms with E-state index < -0.39 is 6.04 Å². The summed E-state index contributed by atoms with van der Waals surface area (Å²) >= 11 is 0. The Bertz CT molecular complexity index is 306. The Kier molecular flexibility index (Phi) is 8.78. The number of Topliss-reactive ketones (excluding diaryl/α,β-unsaturated/α-hetero) is 1. The molecule has 6 heteroatoms. The van der Waals surface area contributed by atoms with Crippen molar-refractivity contribution in [2.75, 3.05) is 27.2 Å². The highest BCUT2D eigenvalue weighted by atomic mass is 16.2. The first-order valence-corrected chi connectivity index (χ1v) is 6.56. The monoisotopic (exact) mass is 271 g/mol. The summed E-state index contributed by atoms with van der Waals surface area (Å²) in [5, 5.41) is 5.73. The van der Waals surface area contributed by atoms with Gasteiger partial charge >= 0.3 is 0 Å². The zero-order chi connectivity index (χ0) is 14.8. The molecule has 0 saturated carbocycles. The van der Waals surface area contributed by atoms with E-state index in [0.717, 1.165) is 13.0 Å². The molecule has 1 atom stereocenters. The van der Waals surface area contributed by atoms with Gasteiger partial charge in [-0.25, -0.2) is 0 Å². The summed E-state index contributed by atoms with van der Waals surface area (Å²) in [6.45, 7) is 4.90. The summed E-state index contributed by atoms with van der Waals surface area (Å²) in [6, 6.07) is -0.720. The second kappa shape index (κ2) is 9.49. The Hall–Kier alpha value is -1.43. The molecule has 0 radical (unpaired) electrons. The van der Waals surface area contributed by atoms with Gasteiger partial charge < -0.3 is 15.5 Å². The summed E-state index contributed by atoms with van der Waals surface area (Å²) in [7, 11) is 3.35. The summed E-state index contributed by atoms with van der Waals surface area (Å²) in [5.41, 5.74) is 0. The molecule has 0 bridgehead atoms. The first-order chi connectivity index (χ1) is 8.93. The van der Waals surface area contributed by atoms with Gasteiger partial charge in [0, 0.05) is 25.9 Å². The van der Waals surface area contributed by atoms with Crippen LogP contribution in [0.4, 0.5) is 0 Å². The first-order valence-electron chi connectivity index (χ1n) is 6.56. The minimum absolute atomic E-state index is 0.0240. The third kappa shape index (κ3) is 6.91. The van der Waals surface area contributed by atoms with E-state index in [-0.39, 0.29) is 24.0 Å². The standard InChI is InChI=1S/C13H25N3O3/c1-10(2)12(18)8-11(16(4)9-17)13(19)15-7-5-6-14-3/h9-11,14H,5-8H2,1-4H3,(H,15,19). The van der Waals surface area contributed by atoms with Gasteiger partial charge in [0.2, 0.25) is 12.3 Å². The van der Waals surface area contributed by atoms with Gasteiger partial charge in [-0.15, -0.1) is 0 Å². The van der Waals surface area contributed by atoms with E-state index in [1.165, 1.54) is 11.9 Å². The van der Waals surface area contributed by atoms with Gasteiger partial charge in [0.05, 0.1) is 0 Å². The quantitative estimate of drug-likeness (QED) is 0.425. The molecule has 0 aromatic carbocycles. The Morgan fingerprint density at radius 1 is 1.26 bits per heavy atom. The highest BCUT2D eigenvalue weighted by molar-refractivity contribution is 5.91. The van der Waals surface area contributed by atoms with Crippen LogP contribution in [0.2, 0.25) is 0 Å². The lowest BCUT2D eigenvalue weighted by molar-refractivity contribution is -0.135. The zero-order valence-corrected chi connectivity index (χ0v) is 12.2. The van der Waals surface area contributed by atoms with Crippen LogP contribution < -0.4 is 10.6 Å². The van der Waals surface area contributed by atoms with Crippen LogP contribution in [0.25, 0.3) is 0 Å². The van der Waals surface area contributed by atoms with Crippen molar-refractivity contribution in [3.63, 3.8) is 0 Å². The fourth-order valence-electron chi connectivity index (χ4n) is 1.52. The van der Waals surface area contributed by atoms with Crippen molar-refractivity contribution in [1.82, 2.24) is 15.5 Å². The molecule has 0 fully saturated rings.